The second kappa shape index (κ2) is 11.4. The maximum absolute atomic E-state index is 12.8. The summed E-state index contributed by atoms with van der Waals surface area (Å²) in [6.07, 6.45) is 1.61. The Hall–Kier alpha value is -3.69. The van der Waals surface area contributed by atoms with Crippen molar-refractivity contribution in [1.82, 2.24) is 4.90 Å². The summed E-state index contributed by atoms with van der Waals surface area (Å²) < 4.78 is 6.00. The summed E-state index contributed by atoms with van der Waals surface area (Å²) in [4.78, 5) is 51.0. The van der Waals surface area contributed by atoms with Crippen molar-refractivity contribution in [2.75, 3.05) is 11.9 Å². The Morgan fingerprint density at radius 2 is 1.64 bits per heavy atom. The molecule has 1 aliphatic heterocycles. The van der Waals surface area contributed by atoms with Gasteiger partial charge in [-0.05, 0) is 72.3 Å². The minimum atomic E-state index is -0.643. The van der Waals surface area contributed by atoms with E-state index in [0.717, 1.165) is 27.4 Å². The number of halogens is 1. The number of benzene rings is 3. The van der Waals surface area contributed by atoms with Crippen LogP contribution in [0.1, 0.15) is 27.0 Å². The van der Waals surface area contributed by atoms with Gasteiger partial charge in [0, 0.05) is 10.2 Å². The smallest absolute Gasteiger partial charge is 0.338 e. The number of esters is 1. The van der Waals surface area contributed by atoms with E-state index in [4.69, 9.17) is 4.74 Å². The van der Waals surface area contributed by atoms with Crippen molar-refractivity contribution in [3.05, 3.63) is 104 Å². The molecular formula is C27H21BrN2O5S. The van der Waals surface area contributed by atoms with Crippen molar-refractivity contribution < 1.29 is 23.9 Å². The summed E-state index contributed by atoms with van der Waals surface area (Å²) in [7, 11) is 0. The Labute approximate surface area is 220 Å². The molecule has 1 heterocycles. The molecule has 0 unspecified atom stereocenters. The zero-order valence-electron chi connectivity index (χ0n) is 19.2. The Morgan fingerprint density at radius 1 is 0.972 bits per heavy atom. The average Bonchev–Trinajstić information content (AvgIpc) is 3.13. The van der Waals surface area contributed by atoms with Gasteiger partial charge in [0.15, 0.2) is 6.61 Å². The first-order valence-corrected chi connectivity index (χ1v) is 12.5. The van der Waals surface area contributed by atoms with Crippen molar-refractivity contribution in [3.8, 4) is 0 Å². The minimum Gasteiger partial charge on any atom is -0.452 e. The molecule has 1 N–H and O–H groups in total. The quantitative estimate of drug-likeness (QED) is 0.288. The van der Waals surface area contributed by atoms with E-state index < -0.39 is 18.5 Å². The minimum absolute atomic E-state index is 0.192. The number of hydrogen-bond donors (Lipinski definition) is 1. The monoisotopic (exact) mass is 564 g/mol. The molecule has 0 bridgehead atoms. The highest BCUT2D eigenvalue weighted by molar-refractivity contribution is 9.10. The Morgan fingerprint density at radius 3 is 2.31 bits per heavy atom. The Balaban J connectivity index is 1.33. The first kappa shape index (κ1) is 25.4. The molecule has 0 aliphatic carbocycles. The number of nitrogens with zero attached hydrogens (tertiary/aromatic N) is 1. The van der Waals surface area contributed by atoms with Gasteiger partial charge in [-0.3, -0.25) is 19.3 Å². The number of aryl methyl sites for hydroxylation is 1. The lowest BCUT2D eigenvalue weighted by Crippen LogP contribution is -2.27. The highest BCUT2D eigenvalue weighted by Crippen LogP contribution is 2.33. The topological polar surface area (TPSA) is 92.8 Å². The number of nitrogens with one attached hydrogen (secondary N) is 1. The molecule has 1 fully saturated rings. The van der Waals surface area contributed by atoms with Crippen molar-refractivity contribution in [1.29, 1.82) is 0 Å². The molecule has 0 aromatic heterocycles. The van der Waals surface area contributed by atoms with Gasteiger partial charge in [-0.15, -0.1) is 0 Å². The second-order valence-electron chi connectivity index (χ2n) is 8.01. The molecule has 3 amide bonds. The molecule has 1 saturated heterocycles. The maximum atomic E-state index is 12.8. The van der Waals surface area contributed by atoms with Gasteiger partial charge in [0.1, 0.15) is 0 Å². The van der Waals surface area contributed by atoms with Crippen LogP contribution in [0.25, 0.3) is 6.08 Å². The van der Waals surface area contributed by atoms with Crippen LogP contribution in [0, 0.1) is 6.92 Å². The van der Waals surface area contributed by atoms with Gasteiger partial charge in [-0.2, -0.15) is 0 Å². The average molecular weight is 565 g/mol. The standard InChI is InChI=1S/C27H21BrN2O5S/c1-17-2-12-22(13-3-17)29-24(31)16-35-26(33)20-8-4-18(5-9-20)14-23-25(32)30(27(34)36-23)15-19-6-10-21(28)11-7-19/h2-14H,15-16H2,1H3,(H,29,31)/b23-14-. The van der Waals surface area contributed by atoms with Crippen LogP contribution in [0.4, 0.5) is 10.5 Å². The van der Waals surface area contributed by atoms with Crippen LogP contribution >= 0.6 is 27.7 Å². The lowest BCUT2D eigenvalue weighted by atomic mass is 10.1. The molecule has 0 spiro atoms. The van der Waals surface area contributed by atoms with Crippen LogP contribution in [0.3, 0.4) is 0 Å². The third kappa shape index (κ3) is 6.50. The number of ether oxygens (including phenoxy) is 1. The van der Waals surface area contributed by atoms with E-state index in [1.54, 1.807) is 30.3 Å². The summed E-state index contributed by atoms with van der Waals surface area (Å²) in [5.41, 5.74) is 3.44. The third-order valence-electron chi connectivity index (χ3n) is 5.24. The van der Waals surface area contributed by atoms with Gasteiger partial charge < -0.3 is 10.1 Å². The summed E-state index contributed by atoms with van der Waals surface area (Å²) in [6, 6.07) is 21.0. The van der Waals surface area contributed by atoms with E-state index in [2.05, 4.69) is 21.2 Å². The predicted octanol–water partition coefficient (Wildman–Crippen LogP) is 5.79. The SMILES string of the molecule is Cc1ccc(NC(=O)COC(=O)c2ccc(/C=C3\SC(=O)N(Cc4ccc(Br)cc4)C3=O)cc2)cc1. The number of carbonyl (C=O) groups excluding carboxylic acids is 4. The fraction of sp³-hybridized carbons (Fsp3) is 0.111. The first-order valence-electron chi connectivity index (χ1n) is 10.9. The molecule has 3 aromatic rings. The lowest BCUT2D eigenvalue weighted by Gasteiger charge is -2.12. The zero-order chi connectivity index (χ0) is 25.7. The van der Waals surface area contributed by atoms with Crippen LogP contribution in [0.15, 0.2) is 82.2 Å². The number of rotatable bonds is 7. The van der Waals surface area contributed by atoms with Crippen molar-refractivity contribution >= 4 is 62.5 Å². The number of imide groups is 1. The number of carbonyl (C=O) groups is 4. The van der Waals surface area contributed by atoms with Gasteiger partial charge in [0.05, 0.1) is 17.0 Å². The second-order valence-corrected chi connectivity index (χ2v) is 9.92. The van der Waals surface area contributed by atoms with Crippen molar-refractivity contribution in [2.45, 2.75) is 13.5 Å². The highest BCUT2D eigenvalue weighted by Gasteiger charge is 2.34. The highest BCUT2D eigenvalue weighted by atomic mass is 79.9. The van der Waals surface area contributed by atoms with E-state index in [-0.39, 0.29) is 23.3 Å². The van der Waals surface area contributed by atoms with E-state index in [1.807, 2.05) is 43.3 Å². The molecule has 9 heteroatoms. The van der Waals surface area contributed by atoms with Gasteiger partial charge >= 0.3 is 5.97 Å². The van der Waals surface area contributed by atoms with Gasteiger partial charge in [-0.25, -0.2) is 4.79 Å². The van der Waals surface area contributed by atoms with E-state index in [0.29, 0.717) is 16.2 Å². The van der Waals surface area contributed by atoms with E-state index >= 15 is 0 Å². The van der Waals surface area contributed by atoms with Gasteiger partial charge in [-0.1, -0.05) is 57.9 Å². The Kier molecular flexibility index (Phi) is 8.02. The molecule has 7 nitrogen and oxygen atoms in total. The largest absolute Gasteiger partial charge is 0.452 e. The van der Waals surface area contributed by atoms with Crippen LogP contribution < -0.4 is 5.32 Å². The molecule has 1 aliphatic rings. The van der Waals surface area contributed by atoms with Gasteiger partial charge in [0.25, 0.3) is 17.1 Å². The summed E-state index contributed by atoms with van der Waals surface area (Å²) >= 11 is 4.24. The van der Waals surface area contributed by atoms with Crippen LogP contribution in [0.2, 0.25) is 0 Å². The molecule has 0 saturated carbocycles. The maximum Gasteiger partial charge on any atom is 0.338 e. The Bertz CT molecular complexity index is 1340. The third-order valence-corrected chi connectivity index (χ3v) is 6.68. The van der Waals surface area contributed by atoms with E-state index in [9.17, 15) is 19.2 Å². The predicted molar refractivity (Wildman–Crippen MR) is 142 cm³/mol. The molecular weight excluding hydrogens is 544 g/mol. The number of hydrogen-bond acceptors (Lipinski definition) is 6. The fourth-order valence-corrected chi connectivity index (χ4v) is 4.43. The van der Waals surface area contributed by atoms with Crippen LogP contribution in [-0.2, 0) is 20.9 Å². The normalized spacial score (nSPS) is 14.3. The van der Waals surface area contributed by atoms with Crippen LogP contribution in [-0.4, -0.2) is 34.5 Å². The van der Waals surface area contributed by atoms with Crippen LogP contribution in [0.5, 0.6) is 0 Å². The first-order chi connectivity index (χ1) is 17.3. The molecule has 0 radical (unpaired) electrons. The van der Waals surface area contributed by atoms with Gasteiger partial charge in [0.2, 0.25) is 0 Å². The van der Waals surface area contributed by atoms with Crippen molar-refractivity contribution in [3.63, 3.8) is 0 Å². The van der Waals surface area contributed by atoms with E-state index in [1.165, 1.54) is 17.0 Å². The zero-order valence-corrected chi connectivity index (χ0v) is 21.6. The number of amides is 3. The number of anilines is 1. The molecule has 182 valence electrons. The van der Waals surface area contributed by atoms with Crippen molar-refractivity contribution in [2.24, 2.45) is 0 Å². The molecule has 36 heavy (non-hydrogen) atoms. The summed E-state index contributed by atoms with van der Waals surface area (Å²) in [5.74, 6) is -1.45. The molecule has 4 rings (SSSR count). The summed E-state index contributed by atoms with van der Waals surface area (Å²) in [5, 5.41) is 2.33. The summed E-state index contributed by atoms with van der Waals surface area (Å²) in [6.45, 7) is 1.72. The molecule has 0 atom stereocenters. The fourth-order valence-electron chi connectivity index (χ4n) is 3.32. The lowest BCUT2D eigenvalue weighted by molar-refractivity contribution is -0.123. The molecule has 3 aromatic carbocycles. The number of thioether (sulfide) groups is 1.